The Morgan fingerprint density at radius 1 is 1.45 bits per heavy atom. The van der Waals surface area contributed by atoms with E-state index >= 15 is 0 Å². The SMILES string of the molecule is O=C(Cn1cncn1)N[C@@H](c1ccc(F)cc1)[C@H]1CCCO1. The Morgan fingerprint density at radius 2 is 2.27 bits per heavy atom. The molecule has 1 aliphatic rings. The summed E-state index contributed by atoms with van der Waals surface area (Å²) < 4.78 is 20.2. The first-order chi connectivity index (χ1) is 10.7. The lowest BCUT2D eigenvalue weighted by molar-refractivity contribution is -0.123. The van der Waals surface area contributed by atoms with Gasteiger partial charge < -0.3 is 10.1 Å². The highest BCUT2D eigenvalue weighted by atomic mass is 19.1. The number of halogens is 1. The molecule has 1 aromatic carbocycles. The largest absolute Gasteiger partial charge is 0.376 e. The molecule has 1 aromatic heterocycles. The average molecular weight is 304 g/mol. The maximum atomic E-state index is 13.1. The molecule has 7 heteroatoms. The minimum Gasteiger partial charge on any atom is -0.376 e. The molecule has 2 aromatic rings. The monoisotopic (exact) mass is 304 g/mol. The fraction of sp³-hybridized carbons (Fsp3) is 0.400. The van der Waals surface area contributed by atoms with Gasteiger partial charge in [-0.15, -0.1) is 0 Å². The van der Waals surface area contributed by atoms with Gasteiger partial charge in [-0.3, -0.25) is 4.79 Å². The maximum absolute atomic E-state index is 13.1. The molecular weight excluding hydrogens is 287 g/mol. The van der Waals surface area contributed by atoms with E-state index in [2.05, 4.69) is 15.4 Å². The van der Waals surface area contributed by atoms with Crippen molar-refractivity contribution < 1.29 is 13.9 Å². The van der Waals surface area contributed by atoms with Crippen LogP contribution in [-0.4, -0.2) is 33.4 Å². The van der Waals surface area contributed by atoms with Crippen molar-refractivity contribution in [1.82, 2.24) is 20.1 Å². The van der Waals surface area contributed by atoms with Crippen LogP contribution in [0.5, 0.6) is 0 Å². The fourth-order valence-corrected chi connectivity index (χ4v) is 2.61. The second-order valence-electron chi connectivity index (χ2n) is 5.24. The van der Waals surface area contributed by atoms with Crippen molar-refractivity contribution in [2.24, 2.45) is 0 Å². The molecule has 1 amide bonds. The van der Waals surface area contributed by atoms with Crippen LogP contribution in [-0.2, 0) is 16.1 Å². The van der Waals surface area contributed by atoms with Gasteiger partial charge in [0.1, 0.15) is 25.0 Å². The van der Waals surface area contributed by atoms with Crippen molar-refractivity contribution in [2.45, 2.75) is 31.5 Å². The summed E-state index contributed by atoms with van der Waals surface area (Å²) in [4.78, 5) is 16.0. The van der Waals surface area contributed by atoms with Gasteiger partial charge in [-0.05, 0) is 30.5 Å². The molecule has 1 fully saturated rings. The summed E-state index contributed by atoms with van der Waals surface area (Å²) in [5.41, 5.74) is 0.834. The second kappa shape index (κ2) is 6.65. The molecule has 1 N–H and O–H groups in total. The summed E-state index contributed by atoms with van der Waals surface area (Å²) in [6.45, 7) is 0.770. The first-order valence-electron chi connectivity index (χ1n) is 7.21. The number of nitrogens with zero attached hydrogens (tertiary/aromatic N) is 3. The van der Waals surface area contributed by atoms with E-state index in [1.165, 1.54) is 29.5 Å². The van der Waals surface area contributed by atoms with Gasteiger partial charge in [0.05, 0.1) is 12.1 Å². The van der Waals surface area contributed by atoms with Crippen molar-refractivity contribution in [3.05, 3.63) is 48.3 Å². The van der Waals surface area contributed by atoms with Gasteiger partial charge >= 0.3 is 0 Å². The molecule has 0 aliphatic carbocycles. The van der Waals surface area contributed by atoms with E-state index in [0.717, 1.165) is 18.4 Å². The van der Waals surface area contributed by atoms with E-state index in [9.17, 15) is 9.18 Å². The predicted molar refractivity (Wildman–Crippen MR) is 76.3 cm³/mol. The lowest BCUT2D eigenvalue weighted by Gasteiger charge is -2.24. The van der Waals surface area contributed by atoms with E-state index in [1.54, 1.807) is 12.1 Å². The number of benzene rings is 1. The van der Waals surface area contributed by atoms with Crippen molar-refractivity contribution in [1.29, 1.82) is 0 Å². The molecule has 0 unspecified atom stereocenters. The van der Waals surface area contributed by atoms with Crippen LogP contribution in [0.4, 0.5) is 4.39 Å². The lowest BCUT2D eigenvalue weighted by atomic mass is 9.99. The van der Waals surface area contributed by atoms with Crippen LogP contribution in [0.2, 0.25) is 0 Å². The number of rotatable bonds is 5. The van der Waals surface area contributed by atoms with E-state index in [0.29, 0.717) is 6.61 Å². The number of hydrogen-bond acceptors (Lipinski definition) is 4. The third kappa shape index (κ3) is 3.48. The molecule has 0 saturated carbocycles. The van der Waals surface area contributed by atoms with E-state index in [-0.39, 0.29) is 30.4 Å². The summed E-state index contributed by atoms with van der Waals surface area (Å²) in [6.07, 6.45) is 4.60. The van der Waals surface area contributed by atoms with Gasteiger partial charge in [-0.1, -0.05) is 12.1 Å². The highest BCUT2D eigenvalue weighted by molar-refractivity contribution is 5.76. The van der Waals surface area contributed by atoms with E-state index in [1.807, 2.05) is 0 Å². The summed E-state index contributed by atoms with van der Waals surface area (Å²) >= 11 is 0. The van der Waals surface area contributed by atoms with Crippen molar-refractivity contribution in [2.75, 3.05) is 6.61 Å². The molecule has 1 saturated heterocycles. The number of amides is 1. The zero-order chi connectivity index (χ0) is 15.4. The fourth-order valence-electron chi connectivity index (χ4n) is 2.61. The third-order valence-corrected chi connectivity index (χ3v) is 3.65. The summed E-state index contributed by atoms with van der Waals surface area (Å²) in [5, 5.41) is 6.87. The molecule has 0 spiro atoms. The van der Waals surface area contributed by atoms with Crippen LogP contribution in [0.1, 0.15) is 24.4 Å². The van der Waals surface area contributed by atoms with Crippen LogP contribution < -0.4 is 5.32 Å². The van der Waals surface area contributed by atoms with E-state index < -0.39 is 0 Å². The first-order valence-corrected chi connectivity index (χ1v) is 7.21. The molecule has 3 rings (SSSR count). The van der Waals surface area contributed by atoms with Gasteiger partial charge in [0.15, 0.2) is 0 Å². The van der Waals surface area contributed by atoms with Crippen LogP contribution in [0.3, 0.4) is 0 Å². The van der Waals surface area contributed by atoms with Gasteiger partial charge in [0.25, 0.3) is 0 Å². The minimum absolute atomic E-state index is 0.0877. The molecular formula is C15H17FN4O2. The molecule has 2 atom stereocenters. The molecule has 0 bridgehead atoms. The quantitative estimate of drug-likeness (QED) is 0.908. The molecule has 0 radical (unpaired) electrons. The van der Waals surface area contributed by atoms with E-state index in [4.69, 9.17) is 4.74 Å². The molecule has 1 aliphatic heterocycles. The Hall–Kier alpha value is -2.28. The number of nitrogens with one attached hydrogen (secondary N) is 1. The first kappa shape index (κ1) is 14.6. The number of carbonyl (C=O) groups excluding carboxylic acids is 1. The Kier molecular flexibility index (Phi) is 4.43. The molecule has 6 nitrogen and oxygen atoms in total. The molecule has 116 valence electrons. The number of hydrogen-bond donors (Lipinski definition) is 1. The second-order valence-corrected chi connectivity index (χ2v) is 5.24. The Labute approximate surface area is 127 Å². The third-order valence-electron chi connectivity index (χ3n) is 3.65. The van der Waals surface area contributed by atoms with Gasteiger partial charge in [0, 0.05) is 6.61 Å². The number of ether oxygens (including phenoxy) is 1. The van der Waals surface area contributed by atoms with Gasteiger partial charge in [0.2, 0.25) is 5.91 Å². The standard InChI is InChI=1S/C15H17FN4O2/c16-12-5-3-11(4-6-12)15(13-2-1-7-22-13)19-14(21)8-20-10-17-9-18-20/h3-6,9-10,13,15H,1-2,7-8H2,(H,19,21)/t13-,15+/m1/s1. The Bertz CT molecular complexity index is 609. The van der Waals surface area contributed by atoms with Crippen LogP contribution in [0.25, 0.3) is 0 Å². The summed E-state index contributed by atoms with van der Waals surface area (Å²) in [5.74, 6) is -0.487. The number of aromatic nitrogens is 3. The predicted octanol–water partition coefficient (Wildman–Crippen LogP) is 1.45. The van der Waals surface area contributed by atoms with Crippen molar-refractivity contribution >= 4 is 5.91 Å². The van der Waals surface area contributed by atoms with Crippen LogP contribution in [0, 0.1) is 5.82 Å². The molecule has 2 heterocycles. The Morgan fingerprint density at radius 3 is 2.91 bits per heavy atom. The lowest BCUT2D eigenvalue weighted by Crippen LogP contribution is -2.38. The van der Waals surface area contributed by atoms with Crippen molar-refractivity contribution in [3.63, 3.8) is 0 Å². The normalized spacial score (nSPS) is 19.0. The number of carbonyl (C=O) groups is 1. The summed E-state index contributed by atoms with van der Waals surface area (Å²) in [6, 6.07) is 5.84. The highest BCUT2D eigenvalue weighted by Gasteiger charge is 2.28. The maximum Gasteiger partial charge on any atom is 0.242 e. The topological polar surface area (TPSA) is 69.0 Å². The minimum atomic E-state index is -0.302. The molecule has 22 heavy (non-hydrogen) atoms. The van der Waals surface area contributed by atoms with Gasteiger partial charge in [-0.25, -0.2) is 14.1 Å². The van der Waals surface area contributed by atoms with Gasteiger partial charge in [-0.2, -0.15) is 5.10 Å². The highest BCUT2D eigenvalue weighted by Crippen LogP contribution is 2.27. The van der Waals surface area contributed by atoms with Crippen LogP contribution >= 0.6 is 0 Å². The summed E-state index contributed by atoms with van der Waals surface area (Å²) in [7, 11) is 0. The Balaban J connectivity index is 1.73. The average Bonchev–Trinajstić information content (AvgIpc) is 3.19. The zero-order valence-electron chi connectivity index (χ0n) is 12.0. The zero-order valence-corrected chi connectivity index (χ0v) is 12.0. The van der Waals surface area contributed by atoms with Crippen molar-refractivity contribution in [3.8, 4) is 0 Å². The van der Waals surface area contributed by atoms with Crippen LogP contribution in [0.15, 0.2) is 36.9 Å². The smallest absolute Gasteiger partial charge is 0.242 e.